The normalized spacial score (nSPS) is 14.5. The van der Waals surface area contributed by atoms with E-state index >= 15 is 0 Å². The molecular weight excluding hydrogens is 404 g/mol. The molecule has 0 saturated carbocycles. The quantitative estimate of drug-likeness (QED) is 0.444. The number of rotatable bonds is 9. The van der Waals surface area contributed by atoms with Gasteiger partial charge in [0.1, 0.15) is 0 Å². The first-order chi connectivity index (χ1) is 14.9. The van der Waals surface area contributed by atoms with Crippen molar-refractivity contribution >= 4 is 17.3 Å². The molecule has 164 valence electrons. The van der Waals surface area contributed by atoms with Crippen molar-refractivity contribution in [3.63, 3.8) is 0 Å². The lowest BCUT2D eigenvalue weighted by molar-refractivity contribution is -0.385. The monoisotopic (exact) mass is 428 g/mol. The summed E-state index contributed by atoms with van der Waals surface area (Å²) in [5.74, 6) is 0.282. The van der Waals surface area contributed by atoms with Gasteiger partial charge in [-0.3, -0.25) is 29.9 Å². The van der Waals surface area contributed by atoms with Crippen molar-refractivity contribution in [2.45, 2.75) is 12.8 Å². The molecule has 10 heteroatoms. The van der Waals surface area contributed by atoms with Crippen molar-refractivity contribution < 1.29 is 19.4 Å². The van der Waals surface area contributed by atoms with Gasteiger partial charge in [-0.2, -0.15) is 0 Å². The highest BCUT2D eigenvalue weighted by Gasteiger charge is 2.23. The highest BCUT2D eigenvalue weighted by molar-refractivity contribution is 5.79. The van der Waals surface area contributed by atoms with Crippen molar-refractivity contribution in [3.8, 4) is 5.75 Å². The van der Waals surface area contributed by atoms with E-state index in [1.807, 2.05) is 4.90 Å². The maximum atomic E-state index is 12.5. The van der Waals surface area contributed by atoms with Crippen LogP contribution in [0.4, 0.5) is 11.4 Å². The van der Waals surface area contributed by atoms with Crippen LogP contribution < -0.4 is 4.74 Å². The summed E-state index contributed by atoms with van der Waals surface area (Å²) in [5.41, 5.74) is 1.85. The second-order valence-corrected chi connectivity index (χ2v) is 7.34. The summed E-state index contributed by atoms with van der Waals surface area (Å²) >= 11 is 0. The largest absolute Gasteiger partial charge is 0.490 e. The first-order valence-electron chi connectivity index (χ1n) is 9.92. The molecule has 0 N–H and O–H groups in total. The number of non-ortho nitro benzene ring substituents is 1. The fourth-order valence-corrected chi connectivity index (χ4v) is 3.55. The topological polar surface area (TPSA) is 119 Å². The predicted molar refractivity (Wildman–Crippen MR) is 113 cm³/mol. The molecule has 3 rings (SSSR count). The van der Waals surface area contributed by atoms with Crippen molar-refractivity contribution in [1.82, 2.24) is 9.80 Å². The van der Waals surface area contributed by atoms with E-state index in [0.29, 0.717) is 39.0 Å². The van der Waals surface area contributed by atoms with Crippen LogP contribution in [-0.2, 0) is 17.6 Å². The molecule has 1 amide bonds. The minimum Gasteiger partial charge on any atom is -0.490 e. The Labute approximate surface area is 179 Å². The van der Waals surface area contributed by atoms with Gasteiger partial charge >= 0.3 is 5.69 Å². The summed E-state index contributed by atoms with van der Waals surface area (Å²) in [6, 6.07) is 11.2. The van der Waals surface area contributed by atoms with Crippen LogP contribution in [-0.4, -0.2) is 65.4 Å². The predicted octanol–water partition coefficient (Wildman–Crippen LogP) is 2.44. The van der Waals surface area contributed by atoms with Gasteiger partial charge < -0.3 is 9.64 Å². The third kappa shape index (κ3) is 5.76. The smallest absolute Gasteiger partial charge is 0.310 e. The van der Waals surface area contributed by atoms with Gasteiger partial charge in [0, 0.05) is 44.4 Å². The molecule has 31 heavy (non-hydrogen) atoms. The highest BCUT2D eigenvalue weighted by Crippen LogP contribution is 2.27. The lowest BCUT2D eigenvalue weighted by Crippen LogP contribution is -2.51. The second kappa shape index (κ2) is 9.98. The molecule has 0 bridgehead atoms. The molecular formula is C21H24N4O6. The number of piperazine rings is 1. The summed E-state index contributed by atoms with van der Waals surface area (Å²) in [6.07, 6.45) is 1.30. The third-order valence-electron chi connectivity index (χ3n) is 5.37. The average molecular weight is 428 g/mol. The van der Waals surface area contributed by atoms with E-state index < -0.39 is 9.85 Å². The van der Waals surface area contributed by atoms with E-state index in [1.54, 1.807) is 24.3 Å². The van der Waals surface area contributed by atoms with Crippen LogP contribution in [0.2, 0.25) is 0 Å². The molecule has 0 unspecified atom stereocenters. The summed E-state index contributed by atoms with van der Waals surface area (Å²) in [6.45, 7) is 2.93. The fourth-order valence-electron chi connectivity index (χ4n) is 3.55. The second-order valence-electron chi connectivity index (χ2n) is 7.34. The standard InChI is InChI=1S/C21H24N4O6/c1-31-20-14-17(4-7-19(20)25(29)30)8-10-22-12-13-23(21(26)15-22)11-9-16-2-5-18(6-3-16)24(27)28/h2-7,14H,8-13,15H2,1H3. The zero-order valence-electron chi connectivity index (χ0n) is 17.2. The van der Waals surface area contributed by atoms with Crippen LogP contribution in [0.15, 0.2) is 42.5 Å². The van der Waals surface area contributed by atoms with E-state index in [1.165, 1.54) is 25.3 Å². The summed E-state index contributed by atoms with van der Waals surface area (Å²) in [5, 5.41) is 21.7. The number of hydrogen-bond acceptors (Lipinski definition) is 7. The van der Waals surface area contributed by atoms with Crippen molar-refractivity contribution in [1.29, 1.82) is 0 Å². The van der Waals surface area contributed by atoms with Gasteiger partial charge in [0.05, 0.1) is 23.5 Å². The van der Waals surface area contributed by atoms with E-state index in [4.69, 9.17) is 4.74 Å². The molecule has 1 fully saturated rings. The van der Waals surface area contributed by atoms with Crippen molar-refractivity contribution in [3.05, 3.63) is 73.8 Å². The maximum Gasteiger partial charge on any atom is 0.310 e. The molecule has 1 aliphatic heterocycles. The minimum absolute atomic E-state index is 0.0504. The number of carbonyl (C=O) groups excluding carboxylic acids is 1. The Morgan fingerprint density at radius 1 is 0.935 bits per heavy atom. The van der Waals surface area contributed by atoms with Crippen LogP contribution >= 0.6 is 0 Å². The molecule has 1 heterocycles. The number of benzene rings is 2. The molecule has 10 nitrogen and oxygen atoms in total. The van der Waals surface area contributed by atoms with E-state index in [9.17, 15) is 25.0 Å². The number of ether oxygens (including phenoxy) is 1. The van der Waals surface area contributed by atoms with Gasteiger partial charge in [0.15, 0.2) is 5.75 Å². The minimum atomic E-state index is -0.475. The average Bonchev–Trinajstić information content (AvgIpc) is 2.77. The number of methoxy groups -OCH3 is 1. The van der Waals surface area contributed by atoms with Gasteiger partial charge in [0.25, 0.3) is 5.69 Å². The van der Waals surface area contributed by atoms with Crippen LogP contribution in [0.5, 0.6) is 5.75 Å². The Hall–Kier alpha value is -3.53. The number of nitrogens with zero attached hydrogens (tertiary/aromatic N) is 4. The number of nitro groups is 2. The molecule has 2 aromatic rings. The van der Waals surface area contributed by atoms with E-state index in [2.05, 4.69) is 4.90 Å². The molecule has 0 aromatic heterocycles. The molecule has 0 atom stereocenters. The molecule has 0 aliphatic carbocycles. The number of hydrogen-bond donors (Lipinski definition) is 0. The number of carbonyl (C=O) groups is 1. The molecule has 2 aromatic carbocycles. The van der Waals surface area contributed by atoms with Gasteiger partial charge in [-0.05, 0) is 30.0 Å². The summed E-state index contributed by atoms with van der Waals surface area (Å²) in [4.78, 5) is 37.2. The van der Waals surface area contributed by atoms with E-state index in [0.717, 1.165) is 17.7 Å². The van der Waals surface area contributed by atoms with E-state index in [-0.39, 0.29) is 23.0 Å². The van der Waals surface area contributed by atoms with Crippen LogP contribution in [0.1, 0.15) is 11.1 Å². The number of nitro benzene ring substituents is 2. The molecule has 1 saturated heterocycles. The Bertz CT molecular complexity index is 963. The SMILES string of the molecule is COc1cc(CCN2CCN(CCc3ccc([N+](=O)[O-])cc3)C(=O)C2)ccc1[N+](=O)[O-]. The Morgan fingerprint density at radius 3 is 2.23 bits per heavy atom. The first-order valence-corrected chi connectivity index (χ1v) is 9.92. The van der Waals surface area contributed by atoms with Gasteiger partial charge in [-0.25, -0.2) is 0 Å². The van der Waals surface area contributed by atoms with Crippen LogP contribution in [0.25, 0.3) is 0 Å². The highest BCUT2D eigenvalue weighted by atomic mass is 16.6. The van der Waals surface area contributed by atoms with Gasteiger partial charge in [-0.1, -0.05) is 18.2 Å². The van der Waals surface area contributed by atoms with Crippen LogP contribution in [0, 0.1) is 20.2 Å². The lowest BCUT2D eigenvalue weighted by atomic mass is 10.1. The molecule has 0 radical (unpaired) electrons. The third-order valence-corrected chi connectivity index (χ3v) is 5.37. The van der Waals surface area contributed by atoms with Crippen molar-refractivity contribution in [2.24, 2.45) is 0 Å². The fraction of sp³-hybridized carbons (Fsp3) is 0.381. The Balaban J connectivity index is 1.47. The zero-order valence-corrected chi connectivity index (χ0v) is 17.2. The zero-order chi connectivity index (χ0) is 22.4. The lowest BCUT2D eigenvalue weighted by Gasteiger charge is -2.34. The Morgan fingerprint density at radius 2 is 1.61 bits per heavy atom. The maximum absolute atomic E-state index is 12.5. The Kier molecular flexibility index (Phi) is 7.14. The summed E-state index contributed by atoms with van der Waals surface area (Å²) in [7, 11) is 1.40. The van der Waals surface area contributed by atoms with Crippen molar-refractivity contribution in [2.75, 3.05) is 39.8 Å². The summed E-state index contributed by atoms with van der Waals surface area (Å²) < 4.78 is 5.10. The molecule has 0 spiro atoms. The van der Waals surface area contributed by atoms with Crippen LogP contribution in [0.3, 0.4) is 0 Å². The number of amides is 1. The first kappa shape index (κ1) is 22.2. The molecule has 1 aliphatic rings. The van der Waals surface area contributed by atoms with Gasteiger partial charge in [-0.15, -0.1) is 0 Å². The van der Waals surface area contributed by atoms with Gasteiger partial charge in [0.2, 0.25) is 5.91 Å².